The standard InChI is InChI=1S/C32H28FN3O5S/c1-41-26-13-11-25(12-14-26)34-16-18-35(19-17-34)31(37)23-8-15-30-28(20-23)36(21-22-6-9-24(33)10-7-22)32(38)27-4-2-3-5-29(27)42(30,39)40/h2-15,20H,16-19,21H2,1H3. The van der Waals surface area contributed by atoms with Crippen LogP contribution >= 0.6 is 0 Å². The topological polar surface area (TPSA) is 87.2 Å². The molecule has 0 unspecified atom stereocenters. The second-order valence-electron chi connectivity index (χ2n) is 10.2. The number of anilines is 2. The Kier molecular flexibility index (Phi) is 7.16. The number of methoxy groups -OCH3 is 1. The molecule has 0 aliphatic carbocycles. The lowest BCUT2D eigenvalue weighted by Crippen LogP contribution is -2.48. The first-order valence-corrected chi connectivity index (χ1v) is 15.0. The highest BCUT2D eigenvalue weighted by Crippen LogP contribution is 2.38. The maximum Gasteiger partial charge on any atom is 0.259 e. The van der Waals surface area contributed by atoms with Gasteiger partial charge in [0.25, 0.3) is 11.8 Å². The molecule has 2 aliphatic rings. The van der Waals surface area contributed by atoms with Crippen LogP contribution in [0, 0.1) is 5.82 Å². The fourth-order valence-electron chi connectivity index (χ4n) is 5.41. The predicted octanol–water partition coefficient (Wildman–Crippen LogP) is 4.79. The zero-order chi connectivity index (χ0) is 29.4. The summed E-state index contributed by atoms with van der Waals surface area (Å²) in [7, 11) is -2.46. The Hall–Kier alpha value is -4.70. The van der Waals surface area contributed by atoms with Gasteiger partial charge < -0.3 is 19.4 Å². The van der Waals surface area contributed by atoms with E-state index in [1.165, 1.54) is 47.4 Å². The minimum absolute atomic E-state index is 0.00581. The molecule has 10 heteroatoms. The summed E-state index contributed by atoms with van der Waals surface area (Å²) < 4.78 is 46.4. The molecular weight excluding hydrogens is 557 g/mol. The van der Waals surface area contributed by atoms with Gasteiger partial charge in [-0.3, -0.25) is 9.59 Å². The number of hydrogen-bond acceptors (Lipinski definition) is 6. The molecule has 42 heavy (non-hydrogen) atoms. The Morgan fingerprint density at radius 1 is 0.857 bits per heavy atom. The maximum absolute atomic E-state index is 13.8. The second-order valence-corrected chi connectivity index (χ2v) is 12.1. The molecule has 0 aromatic heterocycles. The number of carbonyl (C=O) groups is 2. The van der Waals surface area contributed by atoms with Gasteiger partial charge in [-0.15, -0.1) is 0 Å². The fourth-order valence-corrected chi connectivity index (χ4v) is 7.04. The van der Waals surface area contributed by atoms with Gasteiger partial charge in [0.15, 0.2) is 0 Å². The van der Waals surface area contributed by atoms with Crippen molar-refractivity contribution in [2.75, 3.05) is 43.1 Å². The van der Waals surface area contributed by atoms with Gasteiger partial charge in [-0.1, -0.05) is 24.3 Å². The van der Waals surface area contributed by atoms with Crippen LogP contribution < -0.4 is 14.5 Å². The lowest BCUT2D eigenvalue weighted by molar-refractivity contribution is 0.0746. The minimum Gasteiger partial charge on any atom is -0.497 e. The van der Waals surface area contributed by atoms with Crippen LogP contribution in [0.4, 0.5) is 15.8 Å². The third-order valence-electron chi connectivity index (χ3n) is 7.70. The van der Waals surface area contributed by atoms with Gasteiger partial charge in [0.2, 0.25) is 9.84 Å². The van der Waals surface area contributed by atoms with Crippen molar-refractivity contribution < 1.29 is 27.1 Å². The smallest absolute Gasteiger partial charge is 0.259 e. The SMILES string of the molecule is COc1ccc(N2CCN(C(=O)c3ccc4c(c3)N(Cc3ccc(F)cc3)C(=O)c3ccccc3S4(=O)=O)CC2)cc1. The highest BCUT2D eigenvalue weighted by Gasteiger charge is 2.36. The molecule has 1 fully saturated rings. The summed E-state index contributed by atoms with van der Waals surface area (Å²) >= 11 is 0. The number of benzene rings is 4. The summed E-state index contributed by atoms with van der Waals surface area (Å²) in [5, 5.41) is 0. The average Bonchev–Trinajstić information content (AvgIpc) is 3.09. The Bertz CT molecular complexity index is 1770. The van der Waals surface area contributed by atoms with Crippen molar-refractivity contribution in [2.24, 2.45) is 0 Å². The molecule has 0 radical (unpaired) electrons. The molecule has 0 atom stereocenters. The number of amides is 2. The molecule has 2 amide bonds. The van der Waals surface area contributed by atoms with Crippen LogP contribution in [0.5, 0.6) is 5.75 Å². The molecule has 0 spiro atoms. The molecule has 2 aliphatic heterocycles. The van der Waals surface area contributed by atoms with Crippen LogP contribution in [0.15, 0.2) is 101 Å². The van der Waals surface area contributed by atoms with Crippen LogP contribution in [0.25, 0.3) is 0 Å². The molecule has 8 nitrogen and oxygen atoms in total. The highest BCUT2D eigenvalue weighted by atomic mass is 32.2. The minimum atomic E-state index is -4.08. The van der Waals surface area contributed by atoms with Crippen molar-refractivity contribution in [2.45, 2.75) is 16.3 Å². The van der Waals surface area contributed by atoms with Crippen molar-refractivity contribution in [1.29, 1.82) is 0 Å². The van der Waals surface area contributed by atoms with Crippen LogP contribution in [-0.4, -0.2) is 58.4 Å². The largest absolute Gasteiger partial charge is 0.497 e. The van der Waals surface area contributed by atoms with E-state index in [0.717, 1.165) is 11.4 Å². The van der Waals surface area contributed by atoms with Gasteiger partial charge in [-0.2, -0.15) is 0 Å². The third-order valence-corrected chi connectivity index (χ3v) is 9.56. The number of hydrogen-bond donors (Lipinski definition) is 0. The maximum atomic E-state index is 13.8. The van der Waals surface area contributed by atoms with Crippen molar-refractivity contribution in [3.8, 4) is 5.75 Å². The van der Waals surface area contributed by atoms with Gasteiger partial charge in [-0.25, -0.2) is 12.8 Å². The summed E-state index contributed by atoms with van der Waals surface area (Å²) in [5.74, 6) is -0.419. The Morgan fingerprint density at radius 3 is 2.24 bits per heavy atom. The van der Waals surface area contributed by atoms with Gasteiger partial charge in [0.05, 0.1) is 34.7 Å². The highest BCUT2D eigenvalue weighted by molar-refractivity contribution is 7.91. The van der Waals surface area contributed by atoms with E-state index in [9.17, 15) is 22.4 Å². The van der Waals surface area contributed by atoms with Gasteiger partial charge >= 0.3 is 0 Å². The molecule has 0 bridgehead atoms. The predicted molar refractivity (Wildman–Crippen MR) is 156 cm³/mol. The molecule has 0 saturated carbocycles. The normalized spacial score (nSPS) is 16.0. The molecule has 6 rings (SSSR count). The quantitative estimate of drug-likeness (QED) is 0.335. The van der Waals surface area contributed by atoms with E-state index in [0.29, 0.717) is 31.7 Å². The van der Waals surface area contributed by atoms with E-state index in [2.05, 4.69) is 4.90 Å². The van der Waals surface area contributed by atoms with E-state index >= 15 is 0 Å². The van der Waals surface area contributed by atoms with Crippen molar-refractivity contribution in [1.82, 2.24) is 4.90 Å². The first-order chi connectivity index (χ1) is 20.3. The molecule has 4 aromatic carbocycles. The number of halogens is 1. The van der Waals surface area contributed by atoms with Crippen LogP contribution in [0.1, 0.15) is 26.3 Å². The van der Waals surface area contributed by atoms with Crippen molar-refractivity contribution in [3.63, 3.8) is 0 Å². The monoisotopic (exact) mass is 585 g/mol. The Balaban J connectivity index is 1.32. The first-order valence-electron chi connectivity index (χ1n) is 13.5. The van der Waals surface area contributed by atoms with E-state index in [-0.39, 0.29) is 39.1 Å². The summed E-state index contributed by atoms with van der Waals surface area (Å²) in [5.41, 5.74) is 2.08. The van der Waals surface area contributed by atoms with Gasteiger partial charge in [0, 0.05) is 37.4 Å². The summed E-state index contributed by atoms with van der Waals surface area (Å²) in [4.78, 5) is 32.6. The lowest BCUT2D eigenvalue weighted by Gasteiger charge is -2.36. The third kappa shape index (κ3) is 4.98. The van der Waals surface area contributed by atoms with E-state index in [1.807, 2.05) is 24.3 Å². The Morgan fingerprint density at radius 2 is 1.55 bits per heavy atom. The molecule has 214 valence electrons. The molecule has 4 aromatic rings. The number of nitrogens with zero attached hydrogens (tertiary/aromatic N) is 3. The number of ether oxygens (including phenoxy) is 1. The lowest BCUT2D eigenvalue weighted by atomic mass is 10.1. The zero-order valence-corrected chi connectivity index (χ0v) is 23.7. The average molecular weight is 586 g/mol. The molecule has 1 saturated heterocycles. The number of piperazine rings is 1. The van der Waals surface area contributed by atoms with Crippen molar-refractivity contribution in [3.05, 3.63) is 114 Å². The summed E-state index contributed by atoms with van der Waals surface area (Å²) in [6, 6.07) is 23.9. The van der Waals surface area contributed by atoms with Crippen LogP contribution in [-0.2, 0) is 16.4 Å². The van der Waals surface area contributed by atoms with Crippen LogP contribution in [0.3, 0.4) is 0 Å². The zero-order valence-electron chi connectivity index (χ0n) is 22.9. The summed E-state index contributed by atoms with van der Waals surface area (Å²) in [6.07, 6.45) is 0. The molecule has 2 heterocycles. The molecular formula is C32H28FN3O5S. The first kappa shape index (κ1) is 27.5. The number of fused-ring (bicyclic) bond motifs is 2. The van der Waals surface area contributed by atoms with Gasteiger partial charge in [-0.05, 0) is 72.3 Å². The number of rotatable bonds is 5. The van der Waals surface area contributed by atoms with Crippen LogP contribution in [0.2, 0.25) is 0 Å². The number of carbonyl (C=O) groups excluding carboxylic acids is 2. The van der Waals surface area contributed by atoms with Gasteiger partial charge in [0.1, 0.15) is 11.6 Å². The fraction of sp³-hybridized carbons (Fsp3) is 0.188. The van der Waals surface area contributed by atoms with E-state index in [4.69, 9.17) is 4.74 Å². The second kappa shape index (κ2) is 10.9. The van der Waals surface area contributed by atoms with Crippen molar-refractivity contribution >= 4 is 33.0 Å². The Labute approximate surface area is 243 Å². The summed E-state index contributed by atoms with van der Waals surface area (Å²) in [6.45, 7) is 2.20. The van der Waals surface area contributed by atoms with E-state index in [1.54, 1.807) is 36.3 Å². The van der Waals surface area contributed by atoms with E-state index < -0.39 is 21.6 Å². The number of sulfone groups is 1. The molecule has 0 N–H and O–H groups in total.